The molecule has 1 aromatic rings. The third-order valence-electron chi connectivity index (χ3n) is 3.04. The molecule has 0 saturated carbocycles. The third kappa shape index (κ3) is 4.48. The molecule has 0 bridgehead atoms. The summed E-state index contributed by atoms with van der Waals surface area (Å²) in [5.41, 5.74) is 0.678. The van der Waals surface area contributed by atoms with Crippen LogP contribution in [0.3, 0.4) is 0 Å². The Labute approximate surface area is 133 Å². The minimum atomic E-state index is -0.830. The Kier molecular flexibility index (Phi) is 5.58. The number of hydrogen-bond donors (Lipinski definition) is 0. The van der Waals surface area contributed by atoms with Crippen molar-refractivity contribution in [1.29, 1.82) is 5.26 Å². The first-order chi connectivity index (χ1) is 11.1. The molecule has 1 aromatic carbocycles. The van der Waals surface area contributed by atoms with Crippen molar-refractivity contribution in [1.82, 2.24) is 0 Å². The molecule has 1 aliphatic rings. The fourth-order valence-corrected chi connectivity index (χ4v) is 1.95. The van der Waals surface area contributed by atoms with Gasteiger partial charge in [0.1, 0.15) is 6.07 Å². The Bertz CT molecular complexity index is 661. The predicted molar refractivity (Wildman–Crippen MR) is 78.6 cm³/mol. The first kappa shape index (κ1) is 16.4. The van der Waals surface area contributed by atoms with Crippen LogP contribution >= 0.6 is 0 Å². The second kappa shape index (κ2) is 7.84. The van der Waals surface area contributed by atoms with Gasteiger partial charge in [-0.05, 0) is 23.8 Å². The van der Waals surface area contributed by atoms with Crippen molar-refractivity contribution in [3.63, 3.8) is 0 Å². The molecule has 1 aliphatic heterocycles. The average molecular weight is 317 g/mol. The molecule has 7 nitrogen and oxygen atoms in total. The van der Waals surface area contributed by atoms with Crippen molar-refractivity contribution in [3.8, 4) is 17.6 Å². The predicted octanol–water partition coefficient (Wildman–Crippen LogP) is 1.47. The van der Waals surface area contributed by atoms with Gasteiger partial charge < -0.3 is 18.9 Å². The van der Waals surface area contributed by atoms with Crippen molar-refractivity contribution in [2.75, 3.05) is 20.3 Å². The fraction of sp³-hybridized carbons (Fsp3) is 0.312. The lowest BCUT2D eigenvalue weighted by molar-refractivity contribution is -0.156. The second-order valence-electron chi connectivity index (χ2n) is 4.57. The van der Waals surface area contributed by atoms with Gasteiger partial charge >= 0.3 is 11.9 Å². The van der Waals surface area contributed by atoms with E-state index in [2.05, 4.69) is 0 Å². The van der Waals surface area contributed by atoms with E-state index >= 15 is 0 Å². The summed E-state index contributed by atoms with van der Waals surface area (Å²) in [5.74, 6) is -0.275. The van der Waals surface area contributed by atoms with Crippen LogP contribution in [-0.4, -0.2) is 38.4 Å². The Morgan fingerprint density at radius 1 is 1.48 bits per heavy atom. The summed E-state index contributed by atoms with van der Waals surface area (Å²) < 4.78 is 20.1. The quantitative estimate of drug-likeness (QED) is 0.579. The molecule has 1 unspecified atom stereocenters. The summed E-state index contributed by atoms with van der Waals surface area (Å²) >= 11 is 0. The van der Waals surface area contributed by atoms with Gasteiger partial charge in [0.05, 0.1) is 13.7 Å². The molecule has 1 atom stereocenters. The summed E-state index contributed by atoms with van der Waals surface area (Å²) in [6.45, 7) is 0.178. The van der Waals surface area contributed by atoms with Crippen LogP contribution in [0, 0.1) is 11.3 Å². The molecule has 120 valence electrons. The number of nitrogens with zero attached hydrogens (tertiary/aromatic N) is 1. The lowest BCUT2D eigenvalue weighted by atomic mass is 10.2. The zero-order valence-electron chi connectivity index (χ0n) is 12.5. The molecular formula is C16H15NO6. The smallest absolute Gasteiger partial charge is 0.347 e. The molecule has 0 radical (unpaired) electrons. The average Bonchev–Trinajstić information content (AvgIpc) is 2.96. The van der Waals surface area contributed by atoms with Crippen LogP contribution in [-0.2, 0) is 19.1 Å². The van der Waals surface area contributed by atoms with E-state index < -0.39 is 18.0 Å². The van der Waals surface area contributed by atoms with E-state index in [1.807, 2.05) is 6.07 Å². The summed E-state index contributed by atoms with van der Waals surface area (Å²) in [6.07, 6.45) is 2.29. The van der Waals surface area contributed by atoms with Crippen LogP contribution in [0.15, 0.2) is 24.3 Å². The summed E-state index contributed by atoms with van der Waals surface area (Å²) in [6, 6.07) is 6.85. The highest BCUT2D eigenvalue weighted by atomic mass is 16.6. The van der Waals surface area contributed by atoms with E-state index in [0.29, 0.717) is 23.5 Å². The number of cyclic esters (lactones) is 1. The maximum Gasteiger partial charge on any atom is 0.347 e. The number of nitriles is 1. The minimum absolute atomic E-state index is 0.0879. The van der Waals surface area contributed by atoms with E-state index in [-0.39, 0.29) is 13.2 Å². The highest BCUT2D eigenvalue weighted by molar-refractivity contribution is 5.89. The highest BCUT2D eigenvalue weighted by Crippen LogP contribution is 2.28. The van der Waals surface area contributed by atoms with E-state index in [1.54, 1.807) is 18.2 Å². The Balaban J connectivity index is 2.00. The van der Waals surface area contributed by atoms with Gasteiger partial charge in [0, 0.05) is 12.5 Å². The normalized spacial score (nSPS) is 16.7. The van der Waals surface area contributed by atoms with Gasteiger partial charge in [-0.3, -0.25) is 0 Å². The van der Waals surface area contributed by atoms with Gasteiger partial charge in [0.15, 0.2) is 18.1 Å². The van der Waals surface area contributed by atoms with Crippen LogP contribution in [0.4, 0.5) is 0 Å². The molecule has 1 saturated heterocycles. The molecular weight excluding hydrogens is 302 g/mol. The van der Waals surface area contributed by atoms with E-state index in [4.69, 9.17) is 24.2 Å². The Morgan fingerprint density at radius 3 is 2.96 bits per heavy atom. The van der Waals surface area contributed by atoms with Crippen LogP contribution < -0.4 is 9.47 Å². The zero-order chi connectivity index (χ0) is 16.7. The molecule has 0 amide bonds. The monoisotopic (exact) mass is 317 g/mol. The number of ether oxygens (including phenoxy) is 4. The number of esters is 2. The zero-order valence-corrected chi connectivity index (χ0v) is 12.5. The minimum Gasteiger partial charge on any atom is -0.493 e. The number of carbonyl (C=O) groups is 2. The summed E-state index contributed by atoms with van der Waals surface area (Å²) in [7, 11) is 1.47. The topological polar surface area (TPSA) is 94.8 Å². The van der Waals surface area contributed by atoms with Crippen LogP contribution in [0.5, 0.6) is 11.5 Å². The fourth-order valence-electron chi connectivity index (χ4n) is 1.95. The standard InChI is InChI=1S/C16H15NO6/c1-20-14-10-11(2-4-12(14)21-9-7-17)3-5-15(18)23-13-6-8-22-16(13)19/h2-5,10,13H,6,8-9H2,1H3. The van der Waals surface area contributed by atoms with Gasteiger partial charge in [-0.1, -0.05) is 6.07 Å². The maximum absolute atomic E-state index is 11.7. The van der Waals surface area contributed by atoms with Crippen LogP contribution in [0.25, 0.3) is 6.08 Å². The van der Waals surface area contributed by atoms with Crippen LogP contribution in [0.1, 0.15) is 12.0 Å². The summed E-state index contributed by atoms with van der Waals surface area (Å²) in [5, 5.41) is 8.52. The van der Waals surface area contributed by atoms with E-state index in [9.17, 15) is 9.59 Å². The third-order valence-corrected chi connectivity index (χ3v) is 3.04. The number of rotatable bonds is 6. The van der Waals surface area contributed by atoms with E-state index in [1.165, 1.54) is 19.3 Å². The first-order valence-corrected chi connectivity index (χ1v) is 6.87. The Morgan fingerprint density at radius 2 is 2.30 bits per heavy atom. The van der Waals surface area contributed by atoms with Crippen molar-refractivity contribution < 1.29 is 28.5 Å². The van der Waals surface area contributed by atoms with Gasteiger partial charge in [-0.25, -0.2) is 9.59 Å². The molecule has 23 heavy (non-hydrogen) atoms. The number of methoxy groups -OCH3 is 1. The molecule has 2 rings (SSSR count). The number of hydrogen-bond acceptors (Lipinski definition) is 7. The molecule has 1 heterocycles. The van der Waals surface area contributed by atoms with Crippen molar-refractivity contribution >= 4 is 18.0 Å². The molecule has 0 spiro atoms. The molecule has 1 fully saturated rings. The van der Waals surface area contributed by atoms with Crippen molar-refractivity contribution in [2.24, 2.45) is 0 Å². The number of benzene rings is 1. The highest BCUT2D eigenvalue weighted by Gasteiger charge is 2.29. The van der Waals surface area contributed by atoms with Gasteiger partial charge in [-0.15, -0.1) is 0 Å². The van der Waals surface area contributed by atoms with Crippen LogP contribution in [0.2, 0.25) is 0 Å². The SMILES string of the molecule is COc1cc(C=CC(=O)OC2CCOC2=O)ccc1OCC#N. The van der Waals surface area contributed by atoms with Crippen molar-refractivity contribution in [2.45, 2.75) is 12.5 Å². The lowest BCUT2D eigenvalue weighted by Crippen LogP contribution is -2.21. The van der Waals surface area contributed by atoms with Gasteiger partial charge in [-0.2, -0.15) is 5.26 Å². The molecule has 7 heteroatoms. The second-order valence-corrected chi connectivity index (χ2v) is 4.57. The lowest BCUT2D eigenvalue weighted by Gasteiger charge is -2.09. The van der Waals surface area contributed by atoms with Gasteiger partial charge in [0.25, 0.3) is 0 Å². The molecule has 0 N–H and O–H groups in total. The largest absolute Gasteiger partial charge is 0.493 e. The summed E-state index contributed by atoms with van der Waals surface area (Å²) in [4.78, 5) is 22.9. The van der Waals surface area contributed by atoms with Crippen molar-refractivity contribution in [3.05, 3.63) is 29.8 Å². The maximum atomic E-state index is 11.7. The molecule has 0 aliphatic carbocycles. The Hall–Kier alpha value is -3.01. The van der Waals surface area contributed by atoms with Gasteiger partial charge in [0.2, 0.25) is 6.10 Å². The number of carbonyl (C=O) groups excluding carboxylic acids is 2. The van der Waals surface area contributed by atoms with E-state index in [0.717, 1.165) is 0 Å². The molecule has 0 aromatic heterocycles. The first-order valence-electron chi connectivity index (χ1n) is 6.87.